The Morgan fingerprint density at radius 2 is 1.73 bits per heavy atom. The number of hydrogen-bond donors (Lipinski definition) is 2. The molecule has 2 aromatic heterocycles. The van der Waals surface area contributed by atoms with E-state index in [0.717, 1.165) is 55.5 Å². The van der Waals surface area contributed by atoms with Gasteiger partial charge in [-0.2, -0.15) is 0 Å². The highest BCUT2D eigenvalue weighted by Gasteiger charge is 2.30. The van der Waals surface area contributed by atoms with Crippen molar-refractivity contribution in [3.8, 4) is 0 Å². The summed E-state index contributed by atoms with van der Waals surface area (Å²) in [5.41, 5.74) is 1.83. The second-order valence-electron chi connectivity index (χ2n) is 11.5. The third-order valence-corrected chi connectivity index (χ3v) is 8.25. The molecule has 4 heterocycles. The fraction of sp³-hybridized carbons (Fsp3) is 0.455. The number of likely N-dealkylation sites (tertiary alicyclic amines) is 2. The lowest BCUT2D eigenvalue weighted by Crippen LogP contribution is -2.45. The number of carbonyl (C=O) groups excluding carboxylic acids is 4. The van der Waals surface area contributed by atoms with Crippen molar-refractivity contribution in [3.05, 3.63) is 59.6 Å². The molecule has 3 aromatic rings. The van der Waals surface area contributed by atoms with Crippen molar-refractivity contribution >= 4 is 46.2 Å². The van der Waals surface area contributed by atoms with E-state index in [0.29, 0.717) is 37.3 Å². The molecular weight excluding hydrogens is 574 g/mol. The quantitative estimate of drug-likeness (QED) is 0.290. The van der Waals surface area contributed by atoms with Crippen molar-refractivity contribution in [3.63, 3.8) is 0 Å². The van der Waals surface area contributed by atoms with Gasteiger partial charge in [-0.3, -0.25) is 29.5 Å². The third kappa shape index (κ3) is 7.68. The maximum Gasteiger partial charge on any atom is 0.259 e. The molecule has 45 heavy (non-hydrogen) atoms. The molecule has 238 valence electrons. The van der Waals surface area contributed by atoms with Crippen LogP contribution >= 0.6 is 0 Å². The van der Waals surface area contributed by atoms with E-state index in [4.69, 9.17) is 9.41 Å². The van der Waals surface area contributed by atoms with E-state index in [1.807, 2.05) is 43.9 Å². The lowest BCUT2D eigenvalue weighted by Gasteiger charge is -2.25. The minimum absolute atomic E-state index is 0.0233. The molecule has 2 N–H and O–H groups in total. The summed E-state index contributed by atoms with van der Waals surface area (Å²) in [4.78, 5) is 67.0. The number of nitrogens with zero attached hydrogens (tertiary/aromatic N) is 5. The van der Waals surface area contributed by atoms with Gasteiger partial charge in [0.05, 0.1) is 17.7 Å². The highest BCUT2D eigenvalue weighted by atomic mass is 16.3. The molecule has 0 saturated carbocycles. The second-order valence-corrected chi connectivity index (χ2v) is 11.5. The van der Waals surface area contributed by atoms with Gasteiger partial charge in [-0.1, -0.05) is 0 Å². The Kier molecular flexibility index (Phi) is 10.1. The molecule has 0 aliphatic carbocycles. The number of aromatic nitrogens is 1. The van der Waals surface area contributed by atoms with E-state index >= 15 is 0 Å². The minimum atomic E-state index is -0.796. The normalized spacial score (nSPS) is 17.4. The summed E-state index contributed by atoms with van der Waals surface area (Å²) in [7, 11) is 0. The molecule has 2 saturated heterocycles. The van der Waals surface area contributed by atoms with Crippen molar-refractivity contribution in [2.45, 2.75) is 58.9 Å². The number of amides is 4. The second kappa shape index (κ2) is 14.4. The van der Waals surface area contributed by atoms with E-state index in [1.54, 1.807) is 15.9 Å². The molecule has 1 atom stereocenters. The van der Waals surface area contributed by atoms with Gasteiger partial charge in [-0.15, -0.1) is 0 Å². The summed E-state index contributed by atoms with van der Waals surface area (Å²) in [5.74, 6) is -0.207. The molecular formula is C33H41N7O5. The van der Waals surface area contributed by atoms with Crippen LogP contribution < -0.4 is 10.6 Å². The average molecular weight is 616 g/mol. The summed E-state index contributed by atoms with van der Waals surface area (Å²) in [6, 6.07) is 8.10. The first-order chi connectivity index (χ1) is 21.7. The molecule has 2 aliphatic rings. The standard InChI is InChI=1S/C33H41N7O5/c1-4-38(5-2)31(43)25-17-24(19-34-20-25)30(42)37-33(35-26-11-12-28-23(18-26)16-22(3)45-28)36-27-10-6-7-15-40(32(27)44)21-29(41)39-13-8-9-14-39/h11-12,16-20,27H,4-10,13-15,21H2,1-3H3,(H2,35,36,37,42). The maximum absolute atomic E-state index is 13.7. The number of aliphatic imine (C=N–C) groups is 1. The van der Waals surface area contributed by atoms with Gasteiger partial charge >= 0.3 is 0 Å². The fourth-order valence-electron chi connectivity index (χ4n) is 5.79. The number of rotatable bonds is 8. The average Bonchev–Trinajstić information content (AvgIpc) is 3.68. The van der Waals surface area contributed by atoms with Crippen LogP contribution in [0.25, 0.3) is 11.0 Å². The van der Waals surface area contributed by atoms with Crippen LogP contribution in [0.1, 0.15) is 72.4 Å². The third-order valence-electron chi connectivity index (χ3n) is 8.25. The van der Waals surface area contributed by atoms with Gasteiger partial charge in [0.1, 0.15) is 17.4 Å². The van der Waals surface area contributed by atoms with Gasteiger partial charge in [0.2, 0.25) is 17.8 Å². The van der Waals surface area contributed by atoms with Crippen molar-refractivity contribution in [1.82, 2.24) is 25.0 Å². The molecule has 12 heteroatoms. The number of aryl methyl sites for hydroxylation is 1. The number of pyridine rings is 1. The van der Waals surface area contributed by atoms with E-state index < -0.39 is 11.9 Å². The van der Waals surface area contributed by atoms with Crippen molar-refractivity contribution in [2.24, 2.45) is 4.99 Å². The number of nitrogens with one attached hydrogen (secondary N) is 2. The predicted octanol–water partition coefficient (Wildman–Crippen LogP) is 3.82. The van der Waals surface area contributed by atoms with Crippen LogP contribution in [0.3, 0.4) is 0 Å². The van der Waals surface area contributed by atoms with Crippen LogP contribution in [0.2, 0.25) is 0 Å². The van der Waals surface area contributed by atoms with Crippen LogP contribution in [-0.2, 0) is 9.59 Å². The van der Waals surface area contributed by atoms with Crippen LogP contribution in [0.5, 0.6) is 0 Å². The van der Waals surface area contributed by atoms with Gasteiger partial charge in [-0.25, -0.2) is 4.99 Å². The molecule has 2 aliphatic heterocycles. The van der Waals surface area contributed by atoms with Crippen molar-refractivity contribution < 1.29 is 23.6 Å². The zero-order valence-electron chi connectivity index (χ0n) is 26.2. The topological polar surface area (TPSA) is 140 Å². The Morgan fingerprint density at radius 3 is 2.49 bits per heavy atom. The first kappa shape index (κ1) is 31.7. The predicted molar refractivity (Wildman–Crippen MR) is 171 cm³/mol. The zero-order chi connectivity index (χ0) is 31.9. The Bertz CT molecular complexity index is 1590. The highest BCUT2D eigenvalue weighted by Crippen LogP contribution is 2.23. The number of fused-ring (bicyclic) bond motifs is 1. The first-order valence-electron chi connectivity index (χ1n) is 15.7. The van der Waals surface area contributed by atoms with E-state index in [2.05, 4.69) is 15.6 Å². The Labute approximate surface area is 262 Å². The monoisotopic (exact) mass is 615 g/mol. The fourth-order valence-corrected chi connectivity index (χ4v) is 5.79. The maximum atomic E-state index is 13.7. The Balaban J connectivity index is 1.41. The van der Waals surface area contributed by atoms with E-state index in [1.165, 1.54) is 18.5 Å². The molecule has 2 fully saturated rings. The first-order valence-corrected chi connectivity index (χ1v) is 15.7. The van der Waals surface area contributed by atoms with Gasteiger partial charge in [0, 0.05) is 56.2 Å². The molecule has 12 nitrogen and oxygen atoms in total. The summed E-state index contributed by atoms with van der Waals surface area (Å²) in [6.45, 7) is 8.65. The number of carbonyl (C=O) groups is 4. The highest BCUT2D eigenvalue weighted by molar-refractivity contribution is 6.11. The molecule has 1 aromatic carbocycles. The summed E-state index contributed by atoms with van der Waals surface area (Å²) in [6.07, 6.45) is 6.76. The summed E-state index contributed by atoms with van der Waals surface area (Å²) < 4.78 is 5.70. The molecule has 0 spiro atoms. The number of anilines is 1. The molecule has 1 unspecified atom stereocenters. The van der Waals surface area contributed by atoms with Gasteiger partial charge in [-0.05, 0) is 83.2 Å². The number of benzene rings is 1. The van der Waals surface area contributed by atoms with Gasteiger partial charge in [0.15, 0.2) is 0 Å². The van der Waals surface area contributed by atoms with Gasteiger partial charge < -0.3 is 24.4 Å². The lowest BCUT2D eigenvalue weighted by atomic mass is 10.1. The van der Waals surface area contributed by atoms with Crippen LogP contribution in [0.15, 0.2) is 52.1 Å². The molecule has 0 bridgehead atoms. The molecule has 0 radical (unpaired) electrons. The van der Waals surface area contributed by atoms with E-state index in [9.17, 15) is 19.2 Å². The van der Waals surface area contributed by atoms with Crippen molar-refractivity contribution in [2.75, 3.05) is 44.6 Å². The zero-order valence-corrected chi connectivity index (χ0v) is 26.2. The summed E-state index contributed by atoms with van der Waals surface area (Å²) in [5, 5.41) is 6.86. The molecule has 4 amide bonds. The van der Waals surface area contributed by atoms with Crippen molar-refractivity contribution in [1.29, 1.82) is 0 Å². The van der Waals surface area contributed by atoms with Crippen LogP contribution in [-0.4, -0.2) is 94.6 Å². The number of furan rings is 1. The Hall–Kier alpha value is -4.74. The van der Waals surface area contributed by atoms with Crippen LogP contribution in [0, 0.1) is 6.92 Å². The number of guanidine groups is 1. The smallest absolute Gasteiger partial charge is 0.259 e. The Morgan fingerprint density at radius 1 is 1.00 bits per heavy atom. The molecule has 5 rings (SSSR count). The SMILES string of the molecule is CCN(CC)C(=O)c1cncc(C(=O)NC(=NC2CCCCN(CC(=O)N3CCCC3)C2=O)Nc2ccc3oc(C)cc3c2)c1. The minimum Gasteiger partial charge on any atom is -0.461 e. The summed E-state index contributed by atoms with van der Waals surface area (Å²) >= 11 is 0. The van der Waals surface area contributed by atoms with Gasteiger partial charge in [0.25, 0.3) is 11.8 Å². The largest absolute Gasteiger partial charge is 0.461 e. The van der Waals surface area contributed by atoms with Crippen LogP contribution in [0.4, 0.5) is 5.69 Å². The van der Waals surface area contributed by atoms with E-state index in [-0.39, 0.29) is 35.8 Å². The number of hydrogen-bond acceptors (Lipinski definition) is 7. The lowest BCUT2D eigenvalue weighted by molar-refractivity contribution is -0.140.